The molecule has 1 aromatic carbocycles. The molecule has 0 radical (unpaired) electrons. The number of hydrogen-bond acceptors (Lipinski definition) is 5. The minimum Gasteiger partial charge on any atom is -0.368 e. The molecule has 2 heterocycles. The van der Waals surface area contributed by atoms with Crippen molar-refractivity contribution in [3.63, 3.8) is 0 Å². The van der Waals surface area contributed by atoms with Crippen LogP contribution in [-0.4, -0.2) is 47.2 Å². The molecule has 1 saturated carbocycles. The topological polar surface area (TPSA) is 70.2 Å². The fourth-order valence-electron chi connectivity index (χ4n) is 4.78. The number of benzene rings is 1. The average Bonchev–Trinajstić information content (AvgIpc) is 3.43. The molecule has 1 unspecified atom stereocenters. The van der Waals surface area contributed by atoms with Gasteiger partial charge in [-0.3, -0.25) is 4.79 Å². The van der Waals surface area contributed by atoms with E-state index in [0.717, 1.165) is 35.2 Å². The largest absolute Gasteiger partial charge is 0.368 e. The Labute approximate surface area is 192 Å². The van der Waals surface area contributed by atoms with Gasteiger partial charge in [-0.25, -0.2) is 0 Å². The fourth-order valence-corrected chi connectivity index (χ4v) is 4.78. The Morgan fingerprint density at radius 2 is 1.81 bits per heavy atom. The second kappa shape index (κ2) is 9.18. The van der Waals surface area contributed by atoms with Crippen LogP contribution in [0.25, 0.3) is 11.3 Å². The molecule has 1 aliphatic carbocycles. The number of piperidine rings is 1. The summed E-state index contributed by atoms with van der Waals surface area (Å²) in [6.07, 6.45) is 5.30. The van der Waals surface area contributed by atoms with Crippen LogP contribution >= 0.6 is 0 Å². The Bertz CT molecular complexity index is 909. The summed E-state index contributed by atoms with van der Waals surface area (Å²) in [5.74, 6) is 1.53. The molecule has 1 aromatic heterocycles. The molecular formula is C26H37N5O. The molecule has 172 valence electrons. The second-order valence-corrected chi connectivity index (χ2v) is 10.9. The summed E-state index contributed by atoms with van der Waals surface area (Å²) < 4.78 is 0. The van der Waals surface area contributed by atoms with Crippen molar-refractivity contribution in [1.82, 2.24) is 15.1 Å². The summed E-state index contributed by atoms with van der Waals surface area (Å²) in [6, 6.07) is 11.7. The van der Waals surface area contributed by atoms with Gasteiger partial charge in [-0.05, 0) is 86.3 Å². The Kier molecular flexibility index (Phi) is 6.52. The van der Waals surface area contributed by atoms with E-state index in [4.69, 9.17) is 0 Å². The van der Waals surface area contributed by atoms with E-state index in [1.807, 2.05) is 36.4 Å². The van der Waals surface area contributed by atoms with Gasteiger partial charge >= 0.3 is 0 Å². The van der Waals surface area contributed by atoms with Crippen molar-refractivity contribution in [2.45, 2.75) is 53.4 Å². The van der Waals surface area contributed by atoms with E-state index >= 15 is 0 Å². The van der Waals surface area contributed by atoms with E-state index in [9.17, 15) is 4.79 Å². The minimum absolute atomic E-state index is 0.0727. The van der Waals surface area contributed by atoms with Crippen LogP contribution in [0.3, 0.4) is 0 Å². The van der Waals surface area contributed by atoms with Gasteiger partial charge in [0.2, 0.25) is 5.91 Å². The van der Waals surface area contributed by atoms with Gasteiger partial charge in [0.05, 0.1) is 5.69 Å². The third-order valence-electron chi connectivity index (χ3n) is 7.08. The third-order valence-corrected chi connectivity index (χ3v) is 7.08. The van der Waals surface area contributed by atoms with E-state index < -0.39 is 0 Å². The molecule has 2 N–H and O–H groups in total. The predicted octanol–water partition coefficient (Wildman–Crippen LogP) is 5.05. The van der Waals surface area contributed by atoms with Gasteiger partial charge in [0.25, 0.3) is 0 Å². The van der Waals surface area contributed by atoms with Crippen LogP contribution < -0.4 is 10.6 Å². The molecule has 2 aromatic rings. The van der Waals surface area contributed by atoms with Crippen LogP contribution in [0.15, 0.2) is 36.4 Å². The first-order valence-electron chi connectivity index (χ1n) is 11.9. The van der Waals surface area contributed by atoms with Gasteiger partial charge in [-0.2, -0.15) is 0 Å². The Morgan fingerprint density at radius 1 is 1.09 bits per heavy atom. The predicted molar refractivity (Wildman–Crippen MR) is 131 cm³/mol. The van der Waals surface area contributed by atoms with Crippen LogP contribution in [-0.2, 0) is 4.79 Å². The summed E-state index contributed by atoms with van der Waals surface area (Å²) >= 11 is 0. The minimum atomic E-state index is -0.0727. The number of nitrogens with zero attached hydrogens (tertiary/aromatic N) is 3. The molecule has 6 heteroatoms. The normalized spacial score (nSPS) is 20.2. The molecule has 1 spiro atoms. The Hall–Kier alpha value is -2.47. The molecule has 2 fully saturated rings. The Balaban J connectivity index is 1.22. The summed E-state index contributed by atoms with van der Waals surface area (Å²) in [5.41, 5.74) is 3.58. The number of hydrogen-bond donors (Lipinski definition) is 2. The van der Waals surface area contributed by atoms with Gasteiger partial charge in [-0.1, -0.05) is 32.9 Å². The van der Waals surface area contributed by atoms with Crippen molar-refractivity contribution in [2.75, 3.05) is 36.8 Å². The summed E-state index contributed by atoms with van der Waals surface area (Å²) in [4.78, 5) is 13.8. The summed E-state index contributed by atoms with van der Waals surface area (Å²) in [5, 5.41) is 15.1. The number of carbonyl (C=O) groups excluding carboxylic acids is 1. The number of nitrogens with one attached hydrogen (secondary N) is 2. The zero-order chi connectivity index (χ0) is 22.8. The molecular weight excluding hydrogens is 398 g/mol. The zero-order valence-electron chi connectivity index (χ0n) is 19.9. The van der Waals surface area contributed by atoms with E-state index in [1.54, 1.807) is 0 Å². The standard InChI is InChI=1S/C26H37N5O/c1-19(32)28-22-7-5-20(6-8-22)23-9-10-24(30-29-23)27-18-21-17-26(21)12-15-31(16-13-26)14-11-25(2,3)4/h5-10,21H,11-18H2,1-4H3,(H,27,30)(H,28,32). The number of amides is 1. The Morgan fingerprint density at radius 3 is 2.41 bits per heavy atom. The van der Waals surface area contributed by atoms with Gasteiger partial charge in [-0.15, -0.1) is 10.2 Å². The maximum Gasteiger partial charge on any atom is 0.221 e. The van der Waals surface area contributed by atoms with Gasteiger partial charge in [0.15, 0.2) is 0 Å². The second-order valence-electron chi connectivity index (χ2n) is 10.9. The molecule has 1 saturated heterocycles. The molecule has 1 aliphatic heterocycles. The number of carbonyl (C=O) groups is 1. The molecule has 2 aliphatic rings. The zero-order valence-corrected chi connectivity index (χ0v) is 19.9. The molecule has 6 nitrogen and oxygen atoms in total. The lowest BCUT2D eigenvalue weighted by atomic mass is 9.88. The number of rotatable bonds is 7. The lowest BCUT2D eigenvalue weighted by Gasteiger charge is -2.34. The van der Waals surface area contributed by atoms with Crippen molar-refractivity contribution in [3.8, 4) is 11.3 Å². The first-order valence-corrected chi connectivity index (χ1v) is 11.9. The highest BCUT2D eigenvalue weighted by atomic mass is 16.1. The van der Waals surface area contributed by atoms with E-state index in [0.29, 0.717) is 10.8 Å². The number of aromatic nitrogens is 2. The first-order chi connectivity index (χ1) is 15.2. The highest BCUT2D eigenvalue weighted by molar-refractivity contribution is 5.88. The van der Waals surface area contributed by atoms with Crippen LogP contribution in [0.1, 0.15) is 53.4 Å². The summed E-state index contributed by atoms with van der Waals surface area (Å²) in [7, 11) is 0. The van der Waals surface area contributed by atoms with E-state index in [1.165, 1.54) is 52.2 Å². The number of anilines is 2. The smallest absolute Gasteiger partial charge is 0.221 e. The van der Waals surface area contributed by atoms with Crippen LogP contribution in [0, 0.1) is 16.7 Å². The van der Waals surface area contributed by atoms with Crippen molar-refractivity contribution >= 4 is 17.4 Å². The third kappa shape index (κ3) is 5.85. The van der Waals surface area contributed by atoms with Crippen LogP contribution in [0.2, 0.25) is 0 Å². The van der Waals surface area contributed by atoms with Crippen LogP contribution in [0.4, 0.5) is 11.5 Å². The van der Waals surface area contributed by atoms with Crippen molar-refractivity contribution in [3.05, 3.63) is 36.4 Å². The lowest BCUT2D eigenvalue weighted by Crippen LogP contribution is -2.37. The SMILES string of the molecule is CC(=O)Nc1ccc(-c2ccc(NCC3CC34CCN(CCC(C)(C)C)CC4)nn2)cc1. The summed E-state index contributed by atoms with van der Waals surface area (Å²) in [6.45, 7) is 13.2. The molecule has 1 amide bonds. The van der Waals surface area contributed by atoms with Crippen LogP contribution in [0.5, 0.6) is 0 Å². The maximum absolute atomic E-state index is 11.1. The van der Waals surface area contributed by atoms with Crippen molar-refractivity contribution in [1.29, 1.82) is 0 Å². The molecule has 1 atom stereocenters. The lowest BCUT2D eigenvalue weighted by molar-refractivity contribution is -0.114. The fraction of sp³-hybridized carbons (Fsp3) is 0.577. The van der Waals surface area contributed by atoms with Gasteiger partial charge < -0.3 is 15.5 Å². The van der Waals surface area contributed by atoms with Crippen molar-refractivity contribution in [2.24, 2.45) is 16.7 Å². The maximum atomic E-state index is 11.1. The highest BCUT2D eigenvalue weighted by Crippen LogP contribution is 2.59. The monoisotopic (exact) mass is 435 g/mol. The first kappa shape index (κ1) is 22.7. The molecule has 4 rings (SSSR count). The number of likely N-dealkylation sites (tertiary alicyclic amines) is 1. The molecule has 32 heavy (non-hydrogen) atoms. The van der Waals surface area contributed by atoms with Crippen molar-refractivity contribution < 1.29 is 4.79 Å². The van der Waals surface area contributed by atoms with E-state index in [2.05, 4.69) is 46.5 Å². The average molecular weight is 436 g/mol. The highest BCUT2D eigenvalue weighted by Gasteiger charge is 2.54. The van der Waals surface area contributed by atoms with Gasteiger partial charge in [0.1, 0.15) is 5.82 Å². The molecule has 0 bridgehead atoms. The quantitative estimate of drug-likeness (QED) is 0.637. The van der Waals surface area contributed by atoms with Gasteiger partial charge in [0, 0.05) is 24.7 Å². The van der Waals surface area contributed by atoms with E-state index in [-0.39, 0.29) is 5.91 Å².